The largest absolute Gasteiger partial charge is 0.303 e. The first kappa shape index (κ1) is 17.6. The highest BCUT2D eigenvalue weighted by molar-refractivity contribution is 6.30. The molecule has 0 aliphatic carbocycles. The fraction of sp³-hybridized carbons (Fsp3) is 0.211. The number of rotatable bonds is 5. The van der Waals surface area contributed by atoms with Gasteiger partial charge >= 0.3 is 0 Å². The number of hydrogen-bond acceptors (Lipinski definition) is 4. The number of hydrogen-bond donors (Lipinski definition) is 1. The molecule has 138 valence electrons. The van der Waals surface area contributed by atoms with Crippen molar-refractivity contribution >= 4 is 17.2 Å². The van der Waals surface area contributed by atoms with Gasteiger partial charge in [0.2, 0.25) is 0 Å². The highest BCUT2D eigenvalue weighted by atomic mass is 35.5. The summed E-state index contributed by atoms with van der Waals surface area (Å²) in [6, 6.07) is 11.8. The fourth-order valence-electron chi connectivity index (χ4n) is 2.99. The van der Waals surface area contributed by atoms with E-state index in [0.717, 1.165) is 22.7 Å². The minimum atomic E-state index is -0.296. The Morgan fingerprint density at radius 2 is 1.93 bits per heavy atom. The highest BCUT2D eigenvalue weighted by Crippen LogP contribution is 2.24. The van der Waals surface area contributed by atoms with Gasteiger partial charge in [0.15, 0.2) is 11.5 Å². The molecule has 0 fully saturated rings. The zero-order chi connectivity index (χ0) is 19.0. The maximum absolute atomic E-state index is 13.2. The van der Waals surface area contributed by atoms with Crippen LogP contribution in [0.4, 0.5) is 4.39 Å². The normalized spacial score (nSPS) is 12.6. The van der Waals surface area contributed by atoms with Crippen molar-refractivity contribution in [2.45, 2.75) is 26.4 Å². The van der Waals surface area contributed by atoms with E-state index in [1.165, 1.54) is 12.1 Å². The second-order valence-corrected chi connectivity index (χ2v) is 6.69. The molecule has 0 spiro atoms. The van der Waals surface area contributed by atoms with Crippen LogP contribution in [0.1, 0.15) is 30.0 Å². The van der Waals surface area contributed by atoms with Crippen LogP contribution in [-0.4, -0.2) is 24.4 Å². The van der Waals surface area contributed by atoms with E-state index in [1.54, 1.807) is 16.8 Å². The molecule has 4 rings (SSSR count). The van der Waals surface area contributed by atoms with Gasteiger partial charge in [-0.1, -0.05) is 17.7 Å². The Morgan fingerprint density at radius 1 is 1.15 bits per heavy atom. The van der Waals surface area contributed by atoms with Crippen LogP contribution in [0.5, 0.6) is 0 Å². The molecule has 0 bridgehead atoms. The van der Waals surface area contributed by atoms with Crippen molar-refractivity contribution in [3.8, 4) is 5.69 Å². The topological polar surface area (TPSA) is 60.0 Å². The molecule has 1 N–H and O–H groups in total. The van der Waals surface area contributed by atoms with Crippen molar-refractivity contribution in [3.05, 3.63) is 76.7 Å². The Kier molecular flexibility index (Phi) is 4.63. The van der Waals surface area contributed by atoms with Gasteiger partial charge in [-0.2, -0.15) is 5.10 Å². The summed E-state index contributed by atoms with van der Waals surface area (Å²) in [6.07, 6.45) is 1.94. The average molecular weight is 385 g/mol. The van der Waals surface area contributed by atoms with Crippen molar-refractivity contribution in [2.75, 3.05) is 0 Å². The van der Waals surface area contributed by atoms with Gasteiger partial charge in [-0.25, -0.2) is 9.07 Å². The second kappa shape index (κ2) is 7.09. The molecule has 0 radical (unpaired) electrons. The molecule has 1 aromatic carbocycles. The standard InChI is InChI=1S/C19H18ClFN6/c1-12-16(18(20)27(25-12)15-8-6-14(21)7-9-15)11-22-13(2)19-24-23-17-5-3-4-10-26(17)19/h3-10,13,22H,11H2,1-2H3. The number of benzene rings is 1. The van der Waals surface area contributed by atoms with Crippen LogP contribution in [0, 0.1) is 12.7 Å². The van der Waals surface area contributed by atoms with Crippen LogP contribution in [0.25, 0.3) is 11.3 Å². The fourth-order valence-corrected chi connectivity index (χ4v) is 3.33. The lowest BCUT2D eigenvalue weighted by molar-refractivity contribution is 0.540. The number of halogens is 2. The van der Waals surface area contributed by atoms with Crippen LogP contribution >= 0.6 is 11.6 Å². The van der Waals surface area contributed by atoms with E-state index in [2.05, 4.69) is 20.6 Å². The first-order valence-corrected chi connectivity index (χ1v) is 8.95. The van der Waals surface area contributed by atoms with Crippen LogP contribution < -0.4 is 5.32 Å². The first-order valence-electron chi connectivity index (χ1n) is 8.57. The molecular weight excluding hydrogens is 367 g/mol. The molecular formula is C19H18ClFN6. The summed E-state index contributed by atoms with van der Waals surface area (Å²) in [5.41, 5.74) is 3.23. The van der Waals surface area contributed by atoms with Crippen LogP contribution in [0.3, 0.4) is 0 Å². The third-order valence-corrected chi connectivity index (χ3v) is 4.89. The third-order valence-electron chi connectivity index (χ3n) is 4.51. The van der Waals surface area contributed by atoms with E-state index >= 15 is 0 Å². The van der Waals surface area contributed by atoms with Gasteiger partial charge in [-0.15, -0.1) is 10.2 Å². The van der Waals surface area contributed by atoms with E-state index in [-0.39, 0.29) is 11.9 Å². The maximum Gasteiger partial charge on any atom is 0.160 e. The van der Waals surface area contributed by atoms with E-state index in [4.69, 9.17) is 11.6 Å². The van der Waals surface area contributed by atoms with Gasteiger partial charge in [-0.3, -0.25) is 4.40 Å². The predicted molar refractivity (Wildman–Crippen MR) is 102 cm³/mol. The summed E-state index contributed by atoms with van der Waals surface area (Å²) in [5.74, 6) is 0.528. The lowest BCUT2D eigenvalue weighted by atomic mass is 10.2. The minimum absolute atomic E-state index is 0.0352. The second-order valence-electron chi connectivity index (χ2n) is 6.33. The van der Waals surface area contributed by atoms with E-state index in [0.29, 0.717) is 17.4 Å². The molecule has 1 atom stereocenters. The smallest absolute Gasteiger partial charge is 0.160 e. The summed E-state index contributed by atoms with van der Waals surface area (Å²) in [6.45, 7) is 4.45. The molecule has 8 heteroatoms. The molecule has 0 aliphatic heterocycles. The number of aryl methyl sites for hydroxylation is 1. The van der Waals surface area contributed by atoms with Crippen molar-refractivity contribution in [3.63, 3.8) is 0 Å². The summed E-state index contributed by atoms with van der Waals surface area (Å²) in [5, 5.41) is 16.9. The average Bonchev–Trinajstić information content (AvgIpc) is 3.22. The number of nitrogens with zero attached hydrogens (tertiary/aromatic N) is 5. The van der Waals surface area contributed by atoms with Crippen molar-refractivity contribution in [1.29, 1.82) is 0 Å². The van der Waals surface area contributed by atoms with E-state index in [1.807, 2.05) is 42.6 Å². The summed E-state index contributed by atoms with van der Waals surface area (Å²) in [4.78, 5) is 0. The highest BCUT2D eigenvalue weighted by Gasteiger charge is 2.18. The molecule has 0 aliphatic rings. The van der Waals surface area contributed by atoms with Gasteiger partial charge in [0.05, 0.1) is 17.4 Å². The van der Waals surface area contributed by atoms with Crippen molar-refractivity contribution < 1.29 is 4.39 Å². The summed E-state index contributed by atoms with van der Waals surface area (Å²) >= 11 is 6.54. The summed E-state index contributed by atoms with van der Waals surface area (Å²) < 4.78 is 16.7. The predicted octanol–water partition coefficient (Wildman–Crippen LogP) is 3.87. The van der Waals surface area contributed by atoms with Gasteiger partial charge in [0.25, 0.3) is 0 Å². The monoisotopic (exact) mass is 384 g/mol. The number of aromatic nitrogens is 5. The SMILES string of the molecule is Cc1nn(-c2ccc(F)cc2)c(Cl)c1CNC(C)c1nnc2ccccn12. The maximum atomic E-state index is 13.2. The van der Waals surface area contributed by atoms with Crippen LogP contribution in [-0.2, 0) is 6.54 Å². The van der Waals surface area contributed by atoms with Crippen molar-refractivity contribution in [1.82, 2.24) is 29.7 Å². The quantitative estimate of drug-likeness (QED) is 0.567. The Bertz CT molecular complexity index is 1090. The molecule has 0 amide bonds. The first-order chi connectivity index (χ1) is 13.0. The molecule has 3 aromatic heterocycles. The Labute approximate surface area is 160 Å². The Morgan fingerprint density at radius 3 is 2.70 bits per heavy atom. The molecule has 0 saturated heterocycles. The van der Waals surface area contributed by atoms with E-state index in [9.17, 15) is 4.39 Å². The molecule has 6 nitrogen and oxygen atoms in total. The minimum Gasteiger partial charge on any atom is -0.303 e. The zero-order valence-electron chi connectivity index (χ0n) is 14.9. The Hall–Kier alpha value is -2.77. The molecule has 4 aromatic rings. The molecule has 0 saturated carbocycles. The molecule has 3 heterocycles. The lowest BCUT2D eigenvalue weighted by Crippen LogP contribution is -2.20. The third kappa shape index (κ3) is 3.31. The summed E-state index contributed by atoms with van der Waals surface area (Å²) in [7, 11) is 0. The number of pyridine rings is 1. The zero-order valence-corrected chi connectivity index (χ0v) is 15.7. The molecule has 27 heavy (non-hydrogen) atoms. The van der Waals surface area contributed by atoms with Crippen molar-refractivity contribution in [2.24, 2.45) is 0 Å². The number of fused-ring (bicyclic) bond motifs is 1. The van der Waals surface area contributed by atoms with Gasteiger partial charge in [0, 0.05) is 18.3 Å². The lowest BCUT2D eigenvalue weighted by Gasteiger charge is -2.12. The molecule has 1 unspecified atom stereocenters. The van der Waals surface area contributed by atoms with E-state index < -0.39 is 0 Å². The van der Waals surface area contributed by atoms with Gasteiger partial charge in [-0.05, 0) is 50.2 Å². The van der Waals surface area contributed by atoms with Gasteiger partial charge in [0.1, 0.15) is 11.0 Å². The Balaban J connectivity index is 1.55. The van der Waals surface area contributed by atoms with Crippen LogP contribution in [0.2, 0.25) is 5.15 Å². The van der Waals surface area contributed by atoms with Gasteiger partial charge < -0.3 is 5.32 Å². The van der Waals surface area contributed by atoms with Crippen LogP contribution in [0.15, 0.2) is 48.7 Å². The number of nitrogens with one attached hydrogen (secondary N) is 1.